The Morgan fingerprint density at radius 3 is 2.44 bits per heavy atom. The Hall–Kier alpha value is -1.02. The van der Waals surface area contributed by atoms with Crippen molar-refractivity contribution in [3.8, 4) is 5.75 Å². The number of aromatic hydroxyl groups is 1. The average molecular weight is 221 g/mol. The molecule has 2 atom stereocenters. The normalized spacial score (nSPS) is 15.1. The Balaban J connectivity index is 2.49. The fraction of sp³-hybridized carbons (Fsp3) is 0.571. The molecular formula is C14H23NO. The van der Waals surface area contributed by atoms with E-state index in [1.807, 2.05) is 18.2 Å². The highest BCUT2D eigenvalue weighted by atomic mass is 16.3. The molecule has 0 aromatic heterocycles. The molecule has 2 N–H and O–H groups in total. The predicted molar refractivity (Wildman–Crippen MR) is 68.5 cm³/mol. The molecule has 90 valence electrons. The lowest BCUT2D eigenvalue weighted by Gasteiger charge is -2.20. The molecule has 2 heteroatoms. The van der Waals surface area contributed by atoms with Crippen LogP contribution in [0.3, 0.4) is 0 Å². The van der Waals surface area contributed by atoms with E-state index >= 15 is 0 Å². The maximum Gasteiger partial charge on any atom is 0.115 e. The van der Waals surface area contributed by atoms with Gasteiger partial charge in [-0.25, -0.2) is 0 Å². The zero-order valence-corrected chi connectivity index (χ0v) is 10.7. The van der Waals surface area contributed by atoms with Crippen molar-refractivity contribution in [3.05, 3.63) is 29.8 Å². The highest BCUT2D eigenvalue weighted by Gasteiger charge is 2.10. The Kier molecular flexibility index (Phi) is 4.81. The average Bonchev–Trinajstić information content (AvgIpc) is 2.25. The van der Waals surface area contributed by atoms with Crippen molar-refractivity contribution in [1.29, 1.82) is 0 Å². The van der Waals surface area contributed by atoms with E-state index < -0.39 is 0 Å². The number of phenols is 1. The van der Waals surface area contributed by atoms with Gasteiger partial charge in [-0.15, -0.1) is 0 Å². The van der Waals surface area contributed by atoms with Crippen LogP contribution in [0.4, 0.5) is 0 Å². The molecule has 2 unspecified atom stereocenters. The zero-order chi connectivity index (χ0) is 12.1. The van der Waals surface area contributed by atoms with E-state index in [0.29, 0.717) is 17.6 Å². The van der Waals surface area contributed by atoms with E-state index in [9.17, 15) is 5.11 Å². The van der Waals surface area contributed by atoms with Gasteiger partial charge in [-0.2, -0.15) is 0 Å². The third-order valence-corrected chi connectivity index (χ3v) is 3.25. The summed E-state index contributed by atoms with van der Waals surface area (Å²) >= 11 is 0. The standard InChI is InChI=1S/C14H23NO/c1-10(2)11(3)9-15-12(4)13-6-5-7-14(16)8-13/h5-8,10-12,15-16H,9H2,1-4H3. The molecule has 16 heavy (non-hydrogen) atoms. The molecule has 0 amide bonds. The molecule has 0 spiro atoms. The van der Waals surface area contributed by atoms with E-state index in [4.69, 9.17) is 0 Å². The summed E-state index contributed by atoms with van der Waals surface area (Å²) in [5.74, 6) is 1.70. The summed E-state index contributed by atoms with van der Waals surface area (Å²) < 4.78 is 0. The van der Waals surface area contributed by atoms with E-state index in [0.717, 1.165) is 12.1 Å². The van der Waals surface area contributed by atoms with Gasteiger partial charge in [0.25, 0.3) is 0 Å². The van der Waals surface area contributed by atoms with Crippen molar-refractivity contribution in [3.63, 3.8) is 0 Å². The molecule has 0 aliphatic rings. The molecule has 0 aliphatic carbocycles. The van der Waals surface area contributed by atoms with Crippen molar-refractivity contribution in [2.24, 2.45) is 11.8 Å². The van der Waals surface area contributed by atoms with E-state index in [1.54, 1.807) is 6.07 Å². The lowest BCUT2D eigenvalue weighted by atomic mass is 9.97. The fourth-order valence-corrected chi connectivity index (χ4v) is 1.51. The minimum Gasteiger partial charge on any atom is -0.508 e. The van der Waals surface area contributed by atoms with Gasteiger partial charge in [0.05, 0.1) is 0 Å². The number of phenolic OH excluding ortho intramolecular Hbond substituents is 1. The molecule has 0 aliphatic heterocycles. The number of hydrogen-bond donors (Lipinski definition) is 2. The smallest absolute Gasteiger partial charge is 0.115 e. The van der Waals surface area contributed by atoms with Crippen LogP contribution in [-0.2, 0) is 0 Å². The zero-order valence-electron chi connectivity index (χ0n) is 10.7. The van der Waals surface area contributed by atoms with Crippen LogP contribution in [0.25, 0.3) is 0 Å². The van der Waals surface area contributed by atoms with Crippen molar-refractivity contribution in [2.75, 3.05) is 6.54 Å². The summed E-state index contributed by atoms with van der Waals surface area (Å²) in [6.45, 7) is 9.87. The topological polar surface area (TPSA) is 32.3 Å². The monoisotopic (exact) mass is 221 g/mol. The van der Waals surface area contributed by atoms with Crippen molar-refractivity contribution >= 4 is 0 Å². The summed E-state index contributed by atoms with van der Waals surface area (Å²) in [6.07, 6.45) is 0. The number of nitrogens with one attached hydrogen (secondary N) is 1. The third-order valence-electron chi connectivity index (χ3n) is 3.25. The first-order chi connectivity index (χ1) is 7.50. The summed E-state index contributed by atoms with van der Waals surface area (Å²) in [5, 5.41) is 12.9. The Morgan fingerprint density at radius 2 is 1.88 bits per heavy atom. The van der Waals surface area contributed by atoms with Crippen LogP contribution in [0.1, 0.15) is 39.3 Å². The highest BCUT2D eigenvalue weighted by Crippen LogP contribution is 2.18. The van der Waals surface area contributed by atoms with E-state index in [1.165, 1.54) is 0 Å². The molecular weight excluding hydrogens is 198 g/mol. The second kappa shape index (κ2) is 5.90. The summed E-state index contributed by atoms with van der Waals surface area (Å²) in [4.78, 5) is 0. The van der Waals surface area contributed by atoms with Gasteiger partial charge >= 0.3 is 0 Å². The minimum absolute atomic E-state index is 0.285. The van der Waals surface area contributed by atoms with E-state index in [2.05, 4.69) is 33.0 Å². The first kappa shape index (κ1) is 13.0. The lowest BCUT2D eigenvalue weighted by molar-refractivity contribution is 0.375. The van der Waals surface area contributed by atoms with Gasteiger partial charge in [0.2, 0.25) is 0 Å². The number of benzene rings is 1. The second-order valence-electron chi connectivity index (χ2n) is 4.95. The first-order valence-corrected chi connectivity index (χ1v) is 6.03. The largest absolute Gasteiger partial charge is 0.508 e. The highest BCUT2D eigenvalue weighted by molar-refractivity contribution is 5.28. The Morgan fingerprint density at radius 1 is 1.19 bits per heavy atom. The molecule has 0 saturated carbocycles. The van der Waals surface area contributed by atoms with Crippen LogP contribution in [0, 0.1) is 11.8 Å². The van der Waals surface area contributed by atoms with Crippen LogP contribution < -0.4 is 5.32 Å². The van der Waals surface area contributed by atoms with Gasteiger partial charge in [0.1, 0.15) is 5.75 Å². The molecule has 0 heterocycles. The second-order valence-corrected chi connectivity index (χ2v) is 4.95. The fourth-order valence-electron chi connectivity index (χ4n) is 1.51. The van der Waals surface area contributed by atoms with Crippen LogP contribution in [0.5, 0.6) is 5.75 Å². The molecule has 0 saturated heterocycles. The molecule has 1 aromatic rings. The Bertz CT molecular complexity index is 322. The maximum absolute atomic E-state index is 9.40. The van der Waals surface area contributed by atoms with Gasteiger partial charge < -0.3 is 10.4 Å². The van der Waals surface area contributed by atoms with E-state index in [-0.39, 0.29) is 6.04 Å². The van der Waals surface area contributed by atoms with Gasteiger partial charge in [0, 0.05) is 6.04 Å². The first-order valence-electron chi connectivity index (χ1n) is 6.03. The third kappa shape index (κ3) is 3.86. The Labute approximate surface area is 98.7 Å². The molecule has 2 nitrogen and oxygen atoms in total. The van der Waals surface area contributed by atoms with Gasteiger partial charge in [-0.3, -0.25) is 0 Å². The van der Waals surface area contributed by atoms with Crippen molar-refractivity contribution < 1.29 is 5.11 Å². The SMILES string of the molecule is CC(NCC(C)C(C)C)c1cccc(O)c1. The van der Waals surface area contributed by atoms with Crippen LogP contribution >= 0.6 is 0 Å². The van der Waals surface area contributed by atoms with Crippen molar-refractivity contribution in [1.82, 2.24) is 5.32 Å². The van der Waals surface area contributed by atoms with Crippen LogP contribution in [0.2, 0.25) is 0 Å². The molecule has 0 radical (unpaired) electrons. The quantitative estimate of drug-likeness (QED) is 0.799. The minimum atomic E-state index is 0.285. The molecule has 0 fully saturated rings. The number of rotatable bonds is 5. The van der Waals surface area contributed by atoms with Gasteiger partial charge in [-0.1, -0.05) is 32.9 Å². The summed E-state index contributed by atoms with van der Waals surface area (Å²) in [5.41, 5.74) is 1.14. The predicted octanol–water partition coefficient (Wildman–Crippen LogP) is 3.33. The lowest BCUT2D eigenvalue weighted by Crippen LogP contribution is -2.26. The molecule has 0 bridgehead atoms. The van der Waals surface area contributed by atoms with Crippen LogP contribution in [-0.4, -0.2) is 11.7 Å². The molecule has 1 aromatic carbocycles. The summed E-state index contributed by atoms with van der Waals surface area (Å²) in [6, 6.07) is 7.73. The number of hydrogen-bond acceptors (Lipinski definition) is 2. The van der Waals surface area contributed by atoms with Gasteiger partial charge in [0.15, 0.2) is 0 Å². The summed E-state index contributed by atoms with van der Waals surface area (Å²) in [7, 11) is 0. The maximum atomic E-state index is 9.40. The molecule has 1 rings (SSSR count). The van der Waals surface area contributed by atoms with Crippen molar-refractivity contribution in [2.45, 2.75) is 33.7 Å². The van der Waals surface area contributed by atoms with Gasteiger partial charge in [-0.05, 0) is 43.0 Å². The van der Waals surface area contributed by atoms with Crippen LogP contribution in [0.15, 0.2) is 24.3 Å².